The summed E-state index contributed by atoms with van der Waals surface area (Å²) >= 11 is 0. The molecule has 1 fully saturated rings. The van der Waals surface area contributed by atoms with Gasteiger partial charge in [-0.1, -0.05) is 6.07 Å². The molecule has 0 atom stereocenters. The van der Waals surface area contributed by atoms with Crippen LogP contribution in [-0.2, 0) is 10.1 Å². The van der Waals surface area contributed by atoms with Crippen LogP contribution >= 0.6 is 0 Å². The van der Waals surface area contributed by atoms with Crippen LogP contribution in [-0.4, -0.2) is 46.3 Å². The van der Waals surface area contributed by atoms with E-state index < -0.39 is 10.1 Å². The van der Waals surface area contributed by atoms with Gasteiger partial charge in [0.1, 0.15) is 4.90 Å². The van der Waals surface area contributed by atoms with Gasteiger partial charge in [-0.15, -0.1) is 0 Å². The number of anilines is 1. The molecule has 1 heterocycles. The number of carbonyl (C=O) groups is 1. The molecule has 0 bridgehead atoms. The highest BCUT2D eigenvalue weighted by Gasteiger charge is 2.24. The molecular formula is C17H18N2O6S. The molecule has 2 N–H and O–H groups in total. The third-order valence-electron chi connectivity index (χ3n) is 4.10. The second-order valence-electron chi connectivity index (χ2n) is 5.61. The predicted molar refractivity (Wildman–Crippen MR) is 95.5 cm³/mol. The average Bonchev–Trinajstić information content (AvgIpc) is 3.05. The van der Waals surface area contributed by atoms with Gasteiger partial charge in [-0.3, -0.25) is 9.45 Å². The van der Waals surface area contributed by atoms with E-state index in [9.17, 15) is 17.8 Å². The predicted octanol–water partition coefficient (Wildman–Crippen LogP) is 2.15. The Kier molecular flexibility index (Phi) is 4.75. The number of ether oxygens (including phenoxy) is 2. The number of nitrogens with one attached hydrogen (secondary N) is 1. The van der Waals surface area contributed by atoms with Gasteiger partial charge in [0, 0.05) is 24.3 Å². The number of carbonyl (C=O) groups excluding carboxylic acids is 1. The number of rotatable bonds is 5. The molecule has 2 aromatic rings. The molecule has 0 saturated carbocycles. The van der Waals surface area contributed by atoms with E-state index in [0.717, 1.165) is 0 Å². The van der Waals surface area contributed by atoms with Crippen LogP contribution in [0.3, 0.4) is 0 Å². The summed E-state index contributed by atoms with van der Waals surface area (Å²) in [6.45, 7) is 0.972. The Hall–Kier alpha value is -2.78. The largest absolute Gasteiger partial charge is 0.493 e. The summed E-state index contributed by atoms with van der Waals surface area (Å²) in [5.41, 5.74) is 1.28. The normalized spacial score (nSPS) is 14.3. The minimum Gasteiger partial charge on any atom is -0.493 e. The van der Waals surface area contributed by atoms with Crippen molar-refractivity contribution in [3.05, 3.63) is 36.4 Å². The van der Waals surface area contributed by atoms with E-state index in [-0.39, 0.29) is 16.5 Å². The summed E-state index contributed by atoms with van der Waals surface area (Å²) in [5.74, 6) is 0.898. The van der Waals surface area contributed by atoms with Crippen LogP contribution in [0.4, 0.5) is 10.5 Å². The van der Waals surface area contributed by atoms with Gasteiger partial charge in [-0.25, -0.2) is 4.79 Å². The van der Waals surface area contributed by atoms with E-state index in [0.29, 0.717) is 35.8 Å². The second kappa shape index (κ2) is 6.85. The summed E-state index contributed by atoms with van der Waals surface area (Å²) in [7, 11) is -1.50. The molecule has 2 amide bonds. The molecular weight excluding hydrogens is 360 g/mol. The first-order valence-corrected chi connectivity index (χ1v) is 9.18. The first kappa shape index (κ1) is 18.0. The van der Waals surface area contributed by atoms with Gasteiger partial charge in [0.05, 0.1) is 14.2 Å². The number of hydrogen-bond donors (Lipinski definition) is 2. The lowest BCUT2D eigenvalue weighted by Crippen LogP contribution is -2.27. The minimum absolute atomic E-state index is 0.255. The Morgan fingerprint density at radius 1 is 1.08 bits per heavy atom. The number of urea groups is 1. The number of methoxy groups -OCH3 is 2. The maximum atomic E-state index is 11.9. The molecule has 1 saturated heterocycles. The van der Waals surface area contributed by atoms with Crippen molar-refractivity contribution in [2.24, 2.45) is 0 Å². The third kappa shape index (κ3) is 3.31. The molecule has 0 aliphatic carbocycles. The van der Waals surface area contributed by atoms with Crippen molar-refractivity contribution in [3.63, 3.8) is 0 Å². The van der Waals surface area contributed by atoms with Crippen LogP contribution in [0.25, 0.3) is 11.1 Å². The number of hydrogen-bond acceptors (Lipinski definition) is 5. The highest BCUT2D eigenvalue weighted by atomic mass is 32.2. The minimum atomic E-state index is -4.46. The van der Waals surface area contributed by atoms with E-state index >= 15 is 0 Å². The fraction of sp³-hybridized carbons (Fsp3) is 0.235. The van der Waals surface area contributed by atoms with Crippen LogP contribution in [0.5, 0.6) is 11.5 Å². The van der Waals surface area contributed by atoms with E-state index in [4.69, 9.17) is 9.47 Å². The van der Waals surface area contributed by atoms with E-state index in [1.54, 1.807) is 24.3 Å². The first-order chi connectivity index (χ1) is 12.3. The smallest absolute Gasteiger partial charge is 0.321 e. The van der Waals surface area contributed by atoms with Gasteiger partial charge in [0.2, 0.25) is 0 Å². The molecule has 1 aliphatic rings. The molecule has 2 aromatic carbocycles. The molecule has 1 aliphatic heterocycles. The van der Waals surface area contributed by atoms with Gasteiger partial charge in [0.15, 0.2) is 11.5 Å². The monoisotopic (exact) mass is 378 g/mol. The van der Waals surface area contributed by atoms with Crippen molar-refractivity contribution in [1.29, 1.82) is 0 Å². The number of nitrogens with zero attached hydrogens (tertiary/aromatic N) is 1. The number of benzene rings is 2. The fourth-order valence-corrected chi connectivity index (χ4v) is 3.55. The zero-order valence-electron chi connectivity index (χ0n) is 14.2. The van der Waals surface area contributed by atoms with Gasteiger partial charge >= 0.3 is 6.03 Å². The summed E-state index contributed by atoms with van der Waals surface area (Å²) in [6.07, 6.45) is 0. The van der Waals surface area contributed by atoms with E-state index in [2.05, 4.69) is 5.32 Å². The Morgan fingerprint density at radius 3 is 2.38 bits per heavy atom. The Balaban J connectivity index is 2.18. The molecule has 0 unspecified atom stereocenters. The molecule has 0 radical (unpaired) electrons. The van der Waals surface area contributed by atoms with E-state index in [1.165, 1.54) is 31.3 Å². The molecule has 26 heavy (non-hydrogen) atoms. The maximum Gasteiger partial charge on any atom is 0.321 e. The molecule has 9 heteroatoms. The molecule has 3 rings (SSSR count). The van der Waals surface area contributed by atoms with Gasteiger partial charge in [-0.2, -0.15) is 8.42 Å². The van der Waals surface area contributed by atoms with Crippen LogP contribution in [0.1, 0.15) is 0 Å². The summed E-state index contributed by atoms with van der Waals surface area (Å²) in [5, 5.41) is 2.69. The SMILES string of the molecule is COc1ccc(-c2cc(N3CCNC3=O)ccc2S(=O)(=O)O)cc1OC. The zero-order valence-corrected chi connectivity index (χ0v) is 15.0. The van der Waals surface area contributed by atoms with Crippen LogP contribution in [0, 0.1) is 0 Å². The third-order valence-corrected chi connectivity index (χ3v) is 5.02. The Labute approximate surface area is 151 Å². The average molecular weight is 378 g/mol. The molecule has 138 valence electrons. The lowest BCUT2D eigenvalue weighted by atomic mass is 10.0. The first-order valence-electron chi connectivity index (χ1n) is 7.74. The highest BCUT2D eigenvalue weighted by Crippen LogP contribution is 2.37. The Morgan fingerprint density at radius 2 is 1.81 bits per heavy atom. The summed E-state index contributed by atoms with van der Waals surface area (Å²) in [6, 6.07) is 8.95. The van der Waals surface area contributed by atoms with Crippen molar-refractivity contribution in [2.45, 2.75) is 4.90 Å². The van der Waals surface area contributed by atoms with E-state index in [1.807, 2.05) is 0 Å². The van der Waals surface area contributed by atoms with Crippen molar-refractivity contribution in [3.8, 4) is 22.6 Å². The molecule has 0 spiro atoms. The number of amides is 2. The molecule has 0 aromatic heterocycles. The quantitative estimate of drug-likeness (QED) is 0.773. The van der Waals surface area contributed by atoms with Gasteiger partial charge in [-0.05, 0) is 35.9 Å². The van der Waals surface area contributed by atoms with Crippen molar-refractivity contribution in [1.82, 2.24) is 5.32 Å². The summed E-state index contributed by atoms with van der Waals surface area (Å²) in [4.78, 5) is 13.1. The van der Waals surface area contributed by atoms with Crippen molar-refractivity contribution >= 4 is 21.8 Å². The maximum absolute atomic E-state index is 11.9. The second-order valence-corrected chi connectivity index (χ2v) is 7.00. The highest BCUT2D eigenvalue weighted by molar-refractivity contribution is 7.86. The van der Waals surface area contributed by atoms with Crippen molar-refractivity contribution in [2.75, 3.05) is 32.2 Å². The Bertz CT molecular complexity index is 958. The van der Waals surface area contributed by atoms with Gasteiger partial charge < -0.3 is 14.8 Å². The summed E-state index contributed by atoms with van der Waals surface area (Å²) < 4.78 is 43.7. The standard InChI is InChI=1S/C17H18N2O6S/c1-24-14-5-3-11(9-15(14)25-2)13-10-12(19-8-7-18-17(19)20)4-6-16(13)26(21,22)23/h3-6,9-10H,7-8H2,1-2H3,(H,18,20)(H,21,22,23). The fourth-order valence-electron chi connectivity index (χ4n) is 2.86. The topological polar surface area (TPSA) is 105 Å². The van der Waals surface area contributed by atoms with Crippen LogP contribution in [0.15, 0.2) is 41.3 Å². The molecule has 8 nitrogen and oxygen atoms in total. The van der Waals surface area contributed by atoms with Crippen LogP contribution in [0.2, 0.25) is 0 Å². The van der Waals surface area contributed by atoms with Crippen LogP contribution < -0.4 is 19.7 Å². The van der Waals surface area contributed by atoms with Crippen molar-refractivity contribution < 1.29 is 27.2 Å². The lowest BCUT2D eigenvalue weighted by molar-refractivity contribution is 0.252. The van der Waals surface area contributed by atoms with Gasteiger partial charge in [0.25, 0.3) is 10.1 Å². The zero-order chi connectivity index (χ0) is 18.9. The lowest BCUT2D eigenvalue weighted by Gasteiger charge is -2.17.